The van der Waals surface area contributed by atoms with Gasteiger partial charge < -0.3 is 14.9 Å². The van der Waals surface area contributed by atoms with Crippen LogP contribution in [0.2, 0.25) is 0 Å². The number of nitrogens with one attached hydrogen (secondary N) is 2. The molecule has 1 aromatic carbocycles. The zero-order valence-electron chi connectivity index (χ0n) is 17.6. The SMILES string of the molecule is CC(C)NC(=O)[C@H]1CC[C@@H](n2/c(=N/C(=O)c3ccc(F)cc3)[nH]c3cnccc32)CC1. The Kier molecular flexibility index (Phi) is 5.97. The van der Waals surface area contributed by atoms with Gasteiger partial charge in [0.05, 0.1) is 17.2 Å². The highest BCUT2D eigenvalue weighted by atomic mass is 19.1. The van der Waals surface area contributed by atoms with E-state index in [1.807, 2.05) is 24.5 Å². The molecule has 1 aliphatic rings. The summed E-state index contributed by atoms with van der Waals surface area (Å²) < 4.78 is 15.2. The quantitative estimate of drug-likeness (QED) is 0.673. The molecule has 1 fully saturated rings. The van der Waals surface area contributed by atoms with Gasteiger partial charge in [0.15, 0.2) is 0 Å². The highest BCUT2D eigenvalue weighted by Crippen LogP contribution is 2.33. The fourth-order valence-electron chi connectivity index (χ4n) is 4.19. The zero-order chi connectivity index (χ0) is 22.0. The molecule has 4 rings (SSSR count). The molecule has 8 heteroatoms. The predicted molar refractivity (Wildman–Crippen MR) is 115 cm³/mol. The van der Waals surface area contributed by atoms with Crippen molar-refractivity contribution < 1.29 is 14.0 Å². The van der Waals surface area contributed by atoms with Crippen LogP contribution in [-0.2, 0) is 4.79 Å². The second kappa shape index (κ2) is 8.83. The molecule has 2 aromatic heterocycles. The summed E-state index contributed by atoms with van der Waals surface area (Å²) in [6.07, 6.45) is 6.58. The number of benzene rings is 1. The summed E-state index contributed by atoms with van der Waals surface area (Å²) in [7, 11) is 0. The van der Waals surface area contributed by atoms with Gasteiger partial charge in [0.1, 0.15) is 5.82 Å². The van der Waals surface area contributed by atoms with Crippen molar-refractivity contribution in [2.24, 2.45) is 10.9 Å². The van der Waals surface area contributed by atoms with Crippen molar-refractivity contribution in [3.63, 3.8) is 0 Å². The summed E-state index contributed by atoms with van der Waals surface area (Å²) in [6.45, 7) is 3.93. The lowest BCUT2D eigenvalue weighted by Crippen LogP contribution is -2.38. The van der Waals surface area contributed by atoms with Crippen LogP contribution in [0.25, 0.3) is 11.0 Å². The van der Waals surface area contributed by atoms with Crippen LogP contribution in [-0.4, -0.2) is 32.4 Å². The van der Waals surface area contributed by atoms with Crippen LogP contribution in [0.4, 0.5) is 4.39 Å². The molecule has 1 aliphatic carbocycles. The minimum absolute atomic E-state index is 0.00681. The van der Waals surface area contributed by atoms with E-state index in [9.17, 15) is 14.0 Å². The molecular weight excluding hydrogens is 397 g/mol. The summed E-state index contributed by atoms with van der Waals surface area (Å²) in [4.78, 5) is 36.7. The van der Waals surface area contributed by atoms with E-state index in [4.69, 9.17) is 0 Å². The standard InChI is InChI=1S/C23H26FN5O2/c1-14(2)26-21(30)16-5-9-18(10-6-16)29-20-11-12-25-13-19(20)27-23(29)28-22(31)15-3-7-17(24)8-4-15/h3-4,7-8,11-14,16,18H,5-6,9-10H2,1-2H3,(H,26,30)(H,27,28,31)/t16-,18+. The maximum Gasteiger partial charge on any atom is 0.280 e. The van der Waals surface area contributed by atoms with Crippen molar-refractivity contribution in [1.29, 1.82) is 0 Å². The number of carbonyl (C=O) groups is 2. The Balaban J connectivity index is 1.64. The Bertz CT molecular complexity index is 1150. The molecular formula is C23H26FN5O2. The third kappa shape index (κ3) is 4.57. The number of hydrogen-bond donors (Lipinski definition) is 2. The van der Waals surface area contributed by atoms with E-state index in [2.05, 4.69) is 20.3 Å². The Morgan fingerprint density at radius 2 is 1.87 bits per heavy atom. The molecule has 0 unspecified atom stereocenters. The number of halogens is 1. The first kappa shape index (κ1) is 21.0. The van der Waals surface area contributed by atoms with E-state index >= 15 is 0 Å². The molecule has 2 N–H and O–H groups in total. The number of nitrogens with zero attached hydrogens (tertiary/aromatic N) is 3. The summed E-state index contributed by atoms with van der Waals surface area (Å²) in [6, 6.07) is 7.47. The van der Waals surface area contributed by atoms with Crippen LogP contribution in [0, 0.1) is 11.7 Å². The van der Waals surface area contributed by atoms with Gasteiger partial charge in [-0.15, -0.1) is 0 Å². The van der Waals surface area contributed by atoms with E-state index < -0.39 is 11.7 Å². The minimum Gasteiger partial charge on any atom is -0.354 e. The molecule has 0 bridgehead atoms. The van der Waals surface area contributed by atoms with E-state index in [1.165, 1.54) is 24.3 Å². The fraction of sp³-hybridized carbons (Fsp3) is 0.391. The number of fused-ring (bicyclic) bond motifs is 1. The van der Waals surface area contributed by atoms with Crippen LogP contribution in [0.3, 0.4) is 0 Å². The third-order valence-corrected chi connectivity index (χ3v) is 5.69. The maximum absolute atomic E-state index is 13.2. The van der Waals surface area contributed by atoms with Gasteiger partial charge in [0.2, 0.25) is 11.5 Å². The summed E-state index contributed by atoms with van der Waals surface area (Å²) in [5.74, 6) is -0.731. The molecule has 162 valence electrons. The van der Waals surface area contributed by atoms with Crippen molar-refractivity contribution in [2.45, 2.75) is 51.6 Å². The molecule has 1 saturated carbocycles. The molecule has 0 radical (unpaired) electrons. The van der Waals surface area contributed by atoms with Crippen molar-refractivity contribution in [2.75, 3.05) is 0 Å². The molecule has 31 heavy (non-hydrogen) atoms. The molecule has 3 aromatic rings. The van der Waals surface area contributed by atoms with E-state index in [0.717, 1.165) is 36.7 Å². The largest absolute Gasteiger partial charge is 0.354 e. The van der Waals surface area contributed by atoms with Gasteiger partial charge in [-0.25, -0.2) is 4.39 Å². The van der Waals surface area contributed by atoms with Crippen LogP contribution in [0.15, 0.2) is 47.7 Å². The first-order chi connectivity index (χ1) is 14.9. The number of aromatic nitrogens is 3. The van der Waals surface area contributed by atoms with Crippen molar-refractivity contribution >= 4 is 22.8 Å². The number of aromatic amines is 1. The maximum atomic E-state index is 13.2. The Morgan fingerprint density at radius 3 is 2.55 bits per heavy atom. The molecule has 0 aliphatic heterocycles. The van der Waals surface area contributed by atoms with Gasteiger partial charge >= 0.3 is 0 Å². The average molecular weight is 423 g/mol. The smallest absolute Gasteiger partial charge is 0.280 e. The van der Waals surface area contributed by atoms with Gasteiger partial charge in [-0.05, 0) is 69.9 Å². The number of hydrogen-bond acceptors (Lipinski definition) is 3. The average Bonchev–Trinajstić information content (AvgIpc) is 3.11. The van der Waals surface area contributed by atoms with Gasteiger partial charge in [0.25, 0.3) is 5.91 Å². The minimum atomic E-state index is -0.446. The Morgan fingerprint density at radius 1 is 1.16 bits per heavy atom. The number of rotatable bonds is 4. The molecule has 0 spiro atoms. The van der Waals surface area contributed by atoms with E-state index in [-0.39, 0.29) is 23.9 Å². The van der Waals surface area contributed by atoms with Crippen LogP contribution >= 0.6 is 0 Å². The van der Waals surface area contributed by atoms with Gasteiger partial charge in [0, 0.05) is 29.8 Å². The van der Waals surface area contributed by atoms with Crippen LogP contribution < -0.4 is 10.9 Å². The topological polar surface area (TPSA) is 92.1 Å². The second-order valence-corrected chi connectivity index (χ2v) is 8.30. The summed E-state index contributed by atoms with van der Waals surface area (Å²) in [5, 5.41) is 3.00. The zero-order valence-corrected chi connectivity index (χ0v) is 17.6. The van der Waals surface area contributed by atoms with Gasteiger partial charge in [-0.1, -0.05) is 0 Å². The molecule has 2 heterocycles. The Labute approximate surface area is 179 Å². The van der Waals surface area contributed by atoms with Crippen molar-refractivity contribution in [1.82, 2.24) is 19.9 Å². The lowest BCUT2D eigenvalue weighted by Gasteiger charge is -2.29. The van der Waals surface area contributed by atoms with Crippen molar-refractivity contribution in [3.8, 4) is 0 Å². The van der Waals surface area contributed by atoms with Gasteiger partial charge in [-0.3, -0.25) is 14.6 Å². The number of amides is 2. The predicted octanol–water partition coefficient (Wildman–Crippen LogP) is 3.50. The number of carbonyl (C=O) groups excluding carboxylic acids is 2. The number of pyridine rings is 1. The second-order valence-electron chi connectivity index (χ2n) is 8.30. The van der Waals surface area contributed by atoms with E-state index in [0.29, 0.717) is 11.2 Å². The molecule has 0 atom stereocenters. The Hall–Kier alpha value is -3.29. The highest BCUT2D eigenvalue weighted by molar-refractivity contribution is 5.94. The van der Waals surface area contributed by atoms with Crippen LogP contribution in [0.5, 0.6) is 0 Å². The van der Waals surface area contributed by atoms with Crippen molar-refractivity contribution in [3.05, 3.63) is 59.7 Å². The molecule has 0 saturated heterocycles. The third-order valence-electron chi connectivity index (χ3n) is 5.69. The fourth-order valence-corrected chi connectivity index (χ4v) is 4.19. The van der Waals surface area contributed by atoms with Gasteiger partial charge in [-0.2, -0.15) is 4.99 Å². The summed E-state index contributed by atoms with van der Waals surface area (Å²) >= 11 is 0. The normalized spacial score (nSPS) is 19.7. The number of imidazole rings is 1. The summed E-state index contributed by atoms with van der Waals surface area (Å²) in [5.41, 5.74) is 2.45. The highest BCUT2D eigenvalue weighted by Gasteiger charge is 2.28. The molecule has 7 nitrogen and oxygen atoms in total. The lowest BCUT2D eigenvalue weighted by molar-refractivity contribution is -0.126. The van der Waals surface area contributed by atoms with E-state index in [1.54, 1.807) is 12.4 Å². The molecule has 2 amide bonds. The van der Waals surface area contributed by atoms with Crippen LogP contribution in [0.1, 0.15) is 55.9 Å². The number of H-pyrrole nitrogens is 1. The monoisotopic (exact) mass is 423 g/mol. The first-order valence-electron chi connectivity index (χ1n) is 10.6. The first-order valence-corrected chi connectivity index (χ1v) is 10.6. The lowest BCUT2D eigenvalue weighted by atomic mass is 9.85.